The highest BCUT2D eigenvalue weighted by atomic mass is 32.2. The number of carbonyl (C=O) groups excluding carboxylic acids is 4. The molecule has 0 radical (unpaired) electrons. The number of nitrogens with one attached hydrogen (secondary N) is 2. The molecule has 12 nitrogen and oxygen atoms in total. The zero-order valence-electron chi connectivity index (χ0n) is 25.4. The Morgan fingerprint density at radius 3 is 2.10 bits per heavy atom. The van der Waals surface area contributed by atoms with Gasteiger partial charge in [-0.1, -0.05) is 33.8 Å². The molecule has 0 saturated carbocycles. The lowest BCUT2D eigenvalue weighted by atomic mass is 9.85. The van der Waals surface area contributed by atoms with Gasteiger partial charge in [0.15, 0.2) is 0 Å². The fraction of sp³-hybridized carbons (Fsp3) is 0.778. The molecular weight excluding hydrogens is 542 g/mol. The third-order valence-corrected chi connectivity index (χ3v) is 7.00. The second-order valence-electron chi connectivity index (χ2n) is 12.3. The number of rotatable bonds is 11. The molecule has 3 unspecified atom stereocenters. The van der Waals surface area contributed by atoms with Crippen molar-refractivity contribution in [3.8, 4) is 0 Å². The van der Waals surface area contributed by atoms with Crippen molar-refractivity contribution in [1.82, 2.24) is 15.5 Å². The number of carbonyl (C=O) groups is 4. The highest BCUT2D eigenvalue weighted by molar-refractivity contribution is 7.86. The van der Waals surface area contributed by atoms with Crippen molar-refractivity contribution in [2.75, 3.05) is 19.4 Å². The Kier molecular flexibility index (Phi) is 12.2. The zero-order valence-corrected chi connectivity index (χ0v) is 26.2. The number of esters is 1. The van der Waals surface area contributed by atoms with Gasteiger partial charge in [0.1, 0.15) is 17.7 Å². The summed E-state index contributed by atoms with van der Waals surface area (Å²) in [6.45, 7) is 19.1. The molecule has 230 valence electrons. The SMILES string of the molecule is C=CC(C)C(NC(=O)[C@@H]1C[C@H](OS(C)(=O)=O)CN1C(=O)[C@@H](NC(=O)OC(C)(C)C)C(C)(C)C)C(C)C(=O)OCC. The van der Waals surface area contributed by atoms with Crippen LogP contribution in [0.25, 0.3) is 0 Å². The maximum atomic E-state index is 13.9. The molecule has 3 amide bonds. The Labute approximate surface area is 238 Å². The van der Waals surface area contributed by atoms with Crippen LogP contribution in [-0.2, 0) is 38.2 Å². The summed E-state index contributed by atoms with van der Waals surface area (Å²) >= 11 is 0. The highest BCUT2D eigenvalue weighted by Crippen LogP contribution is 2.29. The van der Waals surface area contributed by atoms with Gasteiger partial charge in [-0.2, -0.15) is 8.42 Å². The Morgan fingerprint density at radius 2 is 1.65 bits per heavy atom. The quantitative estimate of drug-likeness (QED) is 0.210. The molecule has 1 aliphatic rings. The molecule has 0 bridgehead atoms. The van der Waals surface area contributed by atoms with Crippen molar-refractivity contribution >= 4 is 34.0 Å². The number of ether oxygens (including phenoxy) is 2. The molecule has 0 aromatic rings. The van der Waals surface area contributed by atoms with Crippen molar-refractivity contribution in [3.63, 3.8) is 0 Å². The summed E-state index contributed by atoms with van der Waals surface area (Å²) in [6, 6.07) is -2.97. The number of nitrogens with zero attached hydrogens (tertiary/aromatic N) is 1. The minimum Gasteiger partial charge on any atom is -0.466 e. The van der Waals surface area contributed by atoms with Crippen molar-refractivity contribution in [2.24, 2.45) is 17.3 Å². The molecule has 0 spiro atoms. The van der Waals surface area contributed by atoms with E-state index < -0.39 is 75.2 Å². The van der Waals surface area contributed by atoms with E-state index >= 15 is 0 Å². The Hall–Kier alpha value is -2.67. The van der Waals surface area contributed by atoms with Gasteiger partial charge in [0.05, 0.1) is 24.9 Å². The van der Waals surface area contributed by atoms with Crippen LogP contribution in [0.1, 0.15) is 68.7 Å². The van der Waals surface area contributed by atoms with Crippen molar-refractivity contribution in [2.45, 2.75) is 98.6 Å². The van der Waals surface area contributed by atoms with Gasteiger partial charge in [0.25, 0.3) is 10.1 Å². The summed E-state index contributed by atoms with van der Waals surface area (Å²) < 4.78 is 39.4. The molecule has 1 fully saturated rings. The van der Waals surface area contributed by atoms with Crippen molar-refractivity contribution in [1.29, 1.82) is 0 Å². The third kappa shape index (κ3) is 10.7. The summed E-state index contributed by atoms with van der Waals surface area (Å²) in [6.07, 6.45) is 0.561. The standard InChI is InChI=1S/C27H47N3O9S/c1-12-16(3)20(17(4)24(33)37-13-2)28-22(31)19-14-18(39-40(11,35)36)15-30(19)23(32)21(26(5,6)7)29-25(34)38-27(8,9)10/h12,16-21H,1,13-15H2,2-11H3,(H,28,31)(H,29,34)/t16?,17?,18-,19-,20?,21+/m0/s1. The van der Waals surface area contributed by atoms with E-state index in [-0.39, 0.29) is 25.5 Å². The first-order valence-electron chi connectivity index (χ1n) is 13.4. The van der Waals surface area contributed by atoms with E-state index in [0.29, 0.717) is 0 Å². The number of hydrogen-bond acceptors (Lipinski definition) is 9. The van der Waals surface area contributed by atoms with E-state index in [1.54, 1.807) is 68.4 Å². The smallest absolute Gasteiger partial charge is 0.408 e. The van der Waals surface area contributed by atoms with Crippen molar-refractivity contribution in [3.05, 3.63) is 12.7 Å². The second kappa shape index (κ2) is 13.8. The summed E-state index contributed by atoms with van der Waals surface area (Å²) in [4.78, 5) is 53.9. The second-order valence-corrected chi connectivity index (χ2v) is 13.9. The molecule has 1 heterocycles. The van der Waals surface area contributed by atoms with E-state index in [9.17, 15) is 27.6 Å². The summed E-state index contributed by atoms with van der Waals surface area (Å²) in [5.74, 6) is -2.79. The fourth-order valence-electron chi connectivity index (χ4n) is 4.39. The Bertz CT molecular complexity index is 1050. The summed E-state index contributed by atoms with van der Waals surface area (Å²) in [5, 5.41) is 5.46. The van der Waals surface area contributed by atoms with Crippen LogP contribution < -0.4 is 10.6 Å². The first-order valence-corrected chi connectivity index (χ1v) is 15.2. The largest absolute Gasteiger partial charge is 0.466 e. The van der Waals surface area contributed by atoms with E-state index in [1.165, 1.54) is 4.90 Å². The van der Waals surface area contributed by atoms with E-state index in [2.05, 4.69) is 17.2 Å². The number of likely N-dealkylation sites (tertiary alicyclic amines) is 1. The normalized spacial score (nSPS) is 21.0. The van der Waals surface area contributed by atoms with Gasteiger partial charge in [-0.3, -0.25) is 18.6 Å². The lowest BCUT2D eigenvalue weighted by Gasteiger charge is -2.36. The third-order valence-electron chi connectivity index (χ3n) is 6.38. The Balaban J connectivity index is 3.40. The molecular formula is C27H47N3O9S. The molecule has 2 N–H and O–H groups in total. The first kappa shape index (κ1) is 35.4. The van der Waals surface area contributed by atoms with Gasteiger partial charge < -0.3 is 25.0 Å². The van der Waals surface area contributed by atoms with Crippen LogP contribution in [0.15, 0.2) is 12.7 Å². The van der Waals surface area contributed by atoms with Gasteiger partial charge in [0.2, 0.25) is 11.8 Å². The fourth-order valence-corrected chi connectivity index (χ4v) is 5.02. The van der Waals surface area contributed by atoms with Crippen LogP contribution in [0.2, 0.25) is 0 Å². The molecule has 0 aromatic carbocycles. The average Bonchev–Trinajstić information content (AvgIpc) is 3.20. The molecule has 1 aliphatic heterocycles. The van der Waals surface area contributed by atoms with Crippen LogP contribution in [0, 0.1) is 17.3 Å². The average molecular weight is 590 g/mol. The minimum atomic E-state index is -3.90. The molecule has 40 heavy (non-hydrogen) atoms. The van der Waals surface area contributed by atoms with Crippen LogP contribution in [0.4, 0.5) is 4.79 Å². The number of amides is 3. The minimum absolute atomic E-state index is 0.114. The summed E-state index contributed by atoms with van der Waals surface area (Å²) in [7, 11) is -3.90. The van der Waals surface area contributed by atoms with E-state index in [0.717, 1.165) is 6.26 Å². The topological polar surface area (TPSA) is 157 Å². The molecule has 0 aliphatic carbocycles. The van der Waals surface area contributed by atoms with Crippen LogP contribution >= 0.6 is 0 Å². The van der Waals surface area contributed by atoms with Crippen LogP contribution in [0.5, 0.6) is 0 Å². The van der Waals surface area contributed by atoms with E-state index in [1.807, 2.05) is 0 Å². The van der Waals surface area contributed by atoms with Gasteiger partial charge in [-0.05, 0) is 46.0 Å². The molecule has 13 heteroatoms. The predicted molar refractivity (Wildman–Crippen MR) is 150 cm³/mol. The zero-order chi connectivity index (χ0) is 31.2. The van der Waals surface area contributed by atoms with Gasteiger partial charge in [-0.25, -0.2) is 4.79 Å². The van der Waals surface area contributed by atoms with Gasteiger partial charge in [-0.15, -0.1) is 6.58 Å². The Morgan fingerprint density at radius 1 is 1.07 bits per heavy atom. The molecule has 1 rings (SSSR count). The number of alkyl carbamates (subject to hydrolysis) is 1. The first-order chi connectivity index (χ1) is 18.1. The summed E-state index contributed by atoms with van der Waals surface area (Å²) in [5.41, 5.74) is -1.62. The maximum Gasteiger partial charge on any atom is 0.408 e. The predicted octanol–water partition coefficient (Wildman–Crippen LogP) is 2.38. The molecule has 6 atom stereocenters. The molecule has 0 aromatic heterocycles. The van der Waals surface area contributed by atoms with Gasteiger partial charge >= 0.3 is 12.1 Å². The lowest BCUT2D eigenvalue weighted by molar-refractivity contribution is -0.149. The monoisotopic (exact) mass is 589 g/mol. The van der Waals surface area contributed by atoms with E-state index in [4.69, 9.17) is 13.7 Å². The van der Waals surface area contributed by atoms with Crippen LogP contribution in [0.3, 0.4) is 0 Å². The molecule has 1 saturated heterocycles. The van der Waals surface area contributed by atoms with Crippen LogP contribution in [-0.4, -0.2) is 86.4 Å². The van der Waals surface area contributed by atoms with Gasteiger partial charge in [0, 0.05) is 19.0 Å². The highest BCUT2D eigenvalue weighted by Gasteiger charge is 2.47. The van der Waals surface area contributed by atoms with Crippen molar-refractivity contribution < 1.29 is 41.3 Å². The maximum absolute atomic E-state index is 13.9. The number of hydrogen-bond donors (Lipinski definition) is 2. The lowest BCUT2D eigenvalue weighted by Crippen LogP contribution is -2.59.